The molecule has 2 heteroatoms. The minimum Gasteiger partial charge on any atom is -0.496 e. The predicted octanol–water partition coefficient (Wildman–Crippen LogP) is 3.18. The van der Waals surface area contributed by atoms with Crippen LogP contribution in [0.15, 0.2) is 18.2 Å². The van der Waals surface area contributed by atoms with Crippen molar-refractivity contribution in [3.05, 3.63) is 29.3 Å². The van der Waals surface area contributed by atoms with Gasteiger partial charge in [-0.15, -0.1) is 0 Å². The van der Waals surface area contributed by atoms with E-state index in [9.17, 15) is 0 Å². The molecule has 2 nitrogen and oxygen atoms in total. The number of rotatable bonds is 6. The highest BCUT2D eigenvalue weighted by atomic mass is 16.5. The molecule has 1 aromatic rings. The maximum absolute atomic E-state index is 5.27. The van der Waals surface area contributed by atoms with Gasteiger partial charge in [0.05, 0.1) is 7.11 Å². The molecule has 0 atom stereocenters. The van der Waals surface area contributed by atoms with Crippen LogP contribution in [0.5, 0.6) is 5.75 Å². The third-order valence-corrected chi connectivity index (χ3v) is 3.21. The molecule has 1 N–H and O–H groups in total. The van der Waals surface area contributed by atoms with Crippen molar-refractivity contribution in [2.45, 2.75) is 33.6 Å². The summed E-state index contributed by atoms with van der Waals surface area (Å²) in [4.78, 5) is 0. The minimum absolute atomic E-state index is 0.350. The average Bonchev–Trinajstić information content (AvgIpc) is 2.27. The fraction of sp³-hybridized carbons (Fsp3) is 0.600. The van der Waals surface area contributed by atoms with Crippen molar-refractivity contribution in [2.24, 2.45) is 5.41 Å². The Morgan fingerprint density at radius 2 is 2.00 bits per heavy atom. The number of nitrogens with one attached hydrogen (secondary N) is 1. The van der Waals surface area contributed by atoms with Crippen LogP contribution in [-0.4, -0.2) is 20.7 Å². The monoisotopic (exact) mass is 235 g/mol. The first kappa shape index (κ1) is 14.0. The molecule has 0 bridgehead atoms. The number of ether oxygens (including phenoxy) is 1. The van der Waals surface area contributed by atoms with E-state index in [1.54, 1.807) is 7.11 Å². The minimum atomic E-state index is 0.350. The molecule has 1 aromatic carbocycles. The van der Waals surface area contributed by atoms with Crippen molar-refractivity contribution in [3.8, 4) is 5.75 Å². The van der Waals surface area contributed by atoms with E-state index in [-0.39, 0.29) is 0 Å². The summed E-state index contributed by atoms with van der Waals surface area (Å²) in [7, 11) is 3.73. The lowest BCUT2D eigenvalue weighted by molar-refractivity contribution is 0.324. The fourth-order valence-corrected chi connectivity index (χ4v) is 2.15. The average molecular weight is 235 g/mol. The van der Waals surface area contributed by atoms with E-state index in [0.29, 0.717) is 5.41 Å². The molecule has 96 valence electrons. The van der Waals surface area contributed by atoms with Crippen LogP contribution in [0.3, 0.4) is 0 Å². The molecule has 1 rings (SSSR count). The largest absolute Gasteiger partial charge is 0.496 e. The van der Waals surface area contributed by atoms with Gasteiger partial charge in [-0.3, -0.25) is 0 Å². The lowest BCUT2D eigenvalue weighted by atomic mass is 9.86. The highest BCUT2D eigenvalue weighted by molar-refractivity contribution is 5.36. The van der Waals surface area contributed by atoms with Crippen molar-refractivity contribution < 1.29 is 4.74 Å². The molecule has 0 aliphatic carbocycles. The zero-order valence-corrected chi connectivity index (χ0v) is 11.8. The first-order valence-corrected chi connectivity index (χ1v) is 6.26. The SMILES string of the molecule is CNCC(C)(C)CCc1ccc(OC)c(C)c1. The van der Waals surface area contributed by atoms with Crippen molar-refractivity contribution in [1.82, 2.24) is 5.32 Å². The number of benzene rings is 1. The Labute approximate surface area is 105 Å². The second kappa shape index (κ2) is 6.06. The third kappa shape index (κ3) is 4.39. The summed E-state index contributed by atoms with van der Waals surface area (Å²) >= 11 is 0. The second-order valence-corrected chi connectivity index (χ2v) is 5.50. The van der Waals surface area contributed by atoms with Gasteiger partial charge >= 0.3 is 0 Å². The van der Waals surface area contributed by atoms with Crippen LogP contribution in [0.2, 0.25) is 0 Å². The van der Waals surface area contributed by atoms with Crippen LogP contribution in [0.25, 0.3) is 0 Å². The van der Waals surface area contributed by atoms with E-state index < -0.39 is 0 Å². The molecule has 0 radical (unpaired) electrons. The zero-order valence-electron chi connectivity index (χ0n) is 11.8. The molecule has 0 aliphatic rings. The molecule has 17 heavy (non-hydrogen) atoms. The maximum atomic E-state index is 5.27. The van der Waals surface area contributed by atoms with E-state index in [1.807, 2.05) is 7.05 Å². The van der Waals surface area contributed by atoms with E-state index >= 15 is 0 Å². The summed E-state index contributed by atoms with van der Waals surface area (Å²) in [6.45, 7) is 7.77. The molecule has 0 saturated carbocycles. The quantitative estimate of drug-likeness (QED) is 0.817. The Morgan fingerprint density at radius 3 is 2.53 bits per heavy atom. The highest BCUT2D eigenvalue weighted by Crippen LogP contribution is 2.24. The molecule has 0 heterocycles. The van der Waals surface area contributed by atoms with Crippen molar-refractivity contribution in [2.75, 3.05) is 20.7 Å². The van der Waals surface area contributed by atoms with Gasteiger partial charge in [0.2, 0.25) is 0 Å². The lowest BCUT2D eigenvalue weighted by Crippen LogP contribution is -2.27. The Bertz CT molecular complexity index is 358. The number of hydrogen-bond donors (Lipinski definition) is 1. The summed E-state index contributed by atoms with van der Waals surface area (Å²) in [6.07, 6.45) is 2.32. The van der Waals surface area contributed by atoms with Gasteiger partial charge in [-0.2, -0.15) is 0 Å². The Hall–Kier alpha value is -1.02. The van der Waals surface area contributed by atoms with Gasteiger partial charge in [0.15, 0.2) is 0 Å². The standard InChI is InChI=1S/C15H25NO/c1-12-10-13(6-7-14(12)17-5)8-9-15(2,3)11-16-4/h6-7,10,16H,8-9,11H2,1-5H3. The van der Waals surface area contributed by atoms with E-state index in [2.05, 4.69) is 44.3 Å². The van der Waals surface area contributed by atoms with Gasteiger partial charge in [0.25, 0.3) is 0 Å². The van der Waals surface area contributed by atoms with Crippen molar-refractivity contribution >= 4 is 0 Å². The Morgan fingerprint density at radius 1 is 1.29 bits per heavy atom. The topological polar surface area (TPSA) is 21.3 Å². The van der Waals surface area contributed by atoms with E-state index in [1.165, 1.54) is 17.5 Å². The van der Waals surface area contributed by atoms with Gasteiger partial charge < -0.3 is 10.1 Å². The zero-order chi connectivity index (χ0) is 12.9. The molecule has 0 aromatic heterocycles. The van der Waals surface area contributed by atoms with Crippen LogP contribution in [0, 0.1) is 12.3 Å². The summed E-state index contributed by atoms with van der Waals surface area (Å²) in [5.41, 5.74) is 2.96. The van der Waals surface area contributed by atoms with Crippen LogP contribution in [-0.2, 0) is 6.42 Å². The smallest absolute Gasteiger partial charge is 0.121 e. The molecule has 0 saturated heterocycles. The first-order valence-electron chi connectivity index (χ1n) is 6.26. The Balaban J connectivity index is 2.61. The first-order chi connectivity index (χ1) is 7.98. The number of methoxy groups -OCH3 is 1. The predicted molar refractivity (Wildman–Crippen MR) is 73.8 cm³/mol. The van der Waals surface area contributed by atoms with E-state index in [0.717, 1.165) is 18.7 Å². The van der Waals surface area contributed by atoms with Gasteiger partial charge in [-0.25, -0.2) is 0 Å². The fourth-order valence-electron chi connectivity index (χ4n) is 2.15. The van der Waals surface area contributed by atoms with Crippen molar-refractivity contribution in [1.29, 1.82) is 0 Å². The summed E-state index contributed by atoms with van der Waals surface area (Å²) in [6, 6.07) is 6.46. The summed E-state index contributed by atoms with van der Waals surface area (Å²) in [5, 5.41) is 3.25. The maximum Gasteiger partial charge on any atom is 0.121 e. The van der Waals surface area contributed by atoms with Crippen LogP contribution in [0.4, 0.5) is 0 Å². The lowest BCUT2D eigenvalue weighted by Gasteiger charge is -2.24. The molecular formula is C15H25NO. The second-order valence-electron chi connectivity index (χ2n) is 5.50. The van der Waals surface area contributed by atoms with Crippen LogP contribution in [0.1, 0.15) is 31.4 Å². The number of hydrogen-bond acceptors (Lipinski definition) is 2. The third-order valence-electron chi connectivity index (χ3n) is 3.21. The van der Waals surface area contributed by atoms with Crippen LogP contribution >= 0.6 is 0 Å². The number of aryl methyl sites for hydroxylation is 2. The highest BCUT2D eigenvalue weighted by Gasteiger charge is 2.16. The van der Waals surface area contributed by atoms with E-state index in [4.69, 9.17) is 4.74 Å². The normalized spacial score (nSPS) is 11.6. The van der Waals surface area contributed by atoms with Gasteiger partial charge in [0.1, 0.15) is 5.75 Å². The molecule has 0 aliphatic heterocycles. The molecule has 0 fully saturated rings. The molecule has 0 spiro atoms. The molecule has 0 unspecified atom stereocenters. The van der Waals surface area contributed by atoms with Crippen LogP contribution < -0.4 is 10.1 Å². The molecular weight excluding hydrogens is 210 g/mol. The summed E-state index contributed by atoms with van der Waals surface area (Å²) in [5.74, 6) is 0.975. The summed E-state index contributed by atoms with van der Waals surface area (Å²) < 4.78 is 5.27. The Kier molecular flexibility index (Phi) is 5.01. The molecule has 0 amide bonds. The van der Waals surface area contributed by atoms with Crippen molar-refractivity contribution in [3.63, 3.8) is 0 Å². The van der Waals surface area contributed by atoms with Gasteiger partial charge in [-0.05, 0) is 56.0 Å². The van der Waals surface area contributed by atoms with Gasteiger partial charge in [-0.1, -0.05) is 26.0 Å². The van der Waals surface area contributed by atoms with Gasteiger partial charge in [0, 0.05) is 0 Å².